The van der Waals surface area contributed by atoms with Gasteiger partial charge in [-0.1, -0.05) is 18.2 Å². The van der Waals surface area contributed by atoms with Gasteiger partial charge in [0.05, 0.1) is 16.8 Å². The molecule has 30 heavy (non-hydrogen) atoms. The predicted molar refractivity (Wildman–Crippen MR) is 109 cm³/mol. The number of pyridine rings is 1. The van der Waals surface area contributed by atoms with E-state index < -0.39 is 24.0 Å². The minimum atomic E-state index is -1.19. The lowest BCUT2D eigenvalue weighted by Crippen LogP contribution is -2.44. The van der Waals surface area contributed by atoms with E-state index in [0.717, 1.165) is 0 Å². The molecule has 7 nitrogen and oxygen atoms in total. The van der Waals surface area contributed by atoms with E-state index in [9.17, 15) is 18.8 Å². The van der Waals surface area contributed by atoms with E-state index in [1.54, 1.807) is 43.3 Å². The highest BCUT2D eigenvalue weighted by Gasteiger charge is 2.22. The van der Waals surface area contributed by atoms with Gasteiger partial charge in [0.25, 0.3) is 5.91 Å². The quantitative estimate of drug-likeness (QED) is 0.629. The first kappa shape index (κ1) is 20.9. The third kappa shape index (κ3) is 4.78. The molecule has 1 atom stereocenters. The van der Waals surface area contributed by atoms with E-state index in [-0.39, 0.29) is 11.4 Å². The SMILES string of the molecule is CCNC(=O)NC(=O)[C@H](C)OC(=O)c1cc(-c2ccc(F)cc2)nc2ccccc12. The number of imide groups is 1. The maximum absolute atomic E-state index is 13.3. The van der Waals surface area contributed by atoms with E-state index in [2.05, 4.69) is 15.6 Å². The number of hydrogen-bond donors (Lipinski definition) is 2. The van der Waals surface area contributed by atoms with E-state index in [4.69, 9.17) is 4.74 Å². The molecule has 0 aliphatic carbocycles. The Hall–Kier alpha value is -3.81. The summed E-state index contributed by atoms with van der Waals surface area (Å²) >= 11 is 0. The van der Waals surface area contributed by atoms with Crippen LogP contribution in [0.25, 0.3) is 22.2 Å². The molecule has 0 saturated carbocycles. The molecule has 0 unspecified atom stereocenters. The molecule has 0 spiro atoms. The van der Waals surface area contributed by atoms with E-state index in [1.165, 1.54) is 25.1 Å². The van der Waals surface area contributed by atoms with Crippen molar-refractivity contribution in [3.8, 4) is 11.3 Å². The summed E-state index contributed by atoms with van der Waals surface area (Å²) in [4.78, 5) is 40.9. The van der Waals surface area contributed by atoms with Gasteiger partial charge in [-0.3, -0.25) is 10.1 Å². The predicted octanol–water partition coefficient (Wildman–Crippen LogP) is 3.43. The van der Waals surface area contributed by atoms with Crippen LogP contribution in [0.4, 0.5) is 9.18 Å². The molecule has 2 aromatic carbocycles. The molecule has 0 aliphatic rings. The summed E-state index contributed by atoms with van der Waals surface area (Å²) in [6, 6.07) is 13.6. The van der Waals surface area contributed by atoms with Crippen LogP contribution in [0.3, 0.4) is 0 Å². The number of rotatable bonds is 5. The molecule has 2 N–H and O–H groups in total. The zero-order chi connectivity index (χ0) is 21.7. The molecule has 3 rings (SSSR count). The van der Waals surface area contributed by atoms with Gasteiger partial charge in [-0.05, 0) is 50.2 Å². The Morgan fingerprint density at radius 3 is 2.50 bits per heavy atom. The van der Waals surface area contributed by atoms with Crippen LogP contribution in [0.5, 0.6) is 0 Å². The summed E-state index contributed by atoms with van der Waals surface area (Å²) in [7, 11) is 0. The van der Waals surface area contributed by atoms with Gasteiger partial charge in [0, 0.05) is 17.5 Å². The molecule has 3 amide bonds. The van der Waals surface area contributed by atoms with Crippen LogP contribution in [-0.2, 0) is 9.53 Å². The first-order chi connectivity index (χ1) is 14.4. The maximum atomic E-state index is 13.3. The van der Waals surface area contributed by atoms with Gasteiger partial charge in [-0.25, -0.2) is 19.0 Å². The number of carbonyl (C=O) groups is 3. The van der Waals surface area contributed by atoms with Gasteiger partial charge < -0.3 is 10.1 Å². The number of nitrogens with one attached hydrogen (secondary N) is 2. The highest BCUT2D eigenvalue weighted by molar-refractivity contribution is 6.06. The summed E-state index contributed by atoms with van der Waals surface area (Å²) in [6.07, 6.45) is -1.19. The third-order valence-electron chi connectivity index (χ3n) is 4.30. The number of urea groups is 1. The van der Waals surface area contributed by atoms with Crippen LogP contribution in [-0.4, -0.2) is 35.5 Å². The molecule has 8 heteroatoms. The lowest BCUT2D eigenvalue weighted by Gasteiger charge is -2.15. The molecular weight excluding hydrogens is 389 g/mol. The zero-order valence-corrected chi connectivity index (χ0v) is 16.4. The summed E-state index contributed by atoms with van der Waals surface area (Å²) in [5.74, 6) is -1.87. The molecule has 0 radical (unpaired) electrons. The number of nitrogens with zero attached hydrogens (tertiary/aromatic N) is 1. The van der Waals surface area contributed by atoms with Crippen molar-refractivity contribution in [2.24, 2.45) is 0 Å². The van der Waals surface area contributed by atoms with Crippen molar-refractivity contribution >= 4 is 28.8 Å². The molecular formula is C22H20FN3O4. The highest BCUT2D eigenvalue weighted by atomic mass is 19.1. The number of ether oxygens (including phenoxy) is 1. The van der Waals surface area contributed by atoms with Crippen LogP contribution < -0.4 is 10.6 Å². The second-order valence-corrected chi connectivity index (χ2v) is 6.48. The number of aromatic nitrogens is 1. The molecule has 0 aliphatic heterocycles. The second kappa shape index (κ2) is 9.13. The minimum absolute atomic E-state index is 0.206. The van der Waals surface area contributed by atoms with E-state index >= 15 is 0 Å². The first-order valence-electron chi connectivity index (χ1n) is 9.34. The number of benzene rings is 2. The maximum Gasteiger partial charge on any atom is 0.339 e. The molecule has 0 saturated heterocycles. The fourth-order valence-corrected chi connectivity index (χ4v) is 2.81. The number of esters is 1. The van der Waals surface area contributed by atoms with Crippen molar-refractivity contribution in [2.75, 3.05) is 6.54 Å². The zero-order valence-electron chi connectivity index (χ0n) is 16.4. The fourth-order valence-electron chi connectivity index (χ4n) is 2.81. The van der Waals surface area contributed by atoms with Crippen molar-refractivity contribution in [2.45, 2.75) is 20.0 Å². The Morgan fingerprint density at radius 1 is 1.10 bits per heavy atom. The monoisotopic (exact) mass is 409 g/mol. The normalized spacial score (nSPS) is 11.6. The van der Waals surface area contributed by atoms with E-state index in [1.807, 2.05) is 0 Å². The number of carbonyl (C=O) groups excluding carboxylic acids is 3. The Morgan fingerprint density at radius 2 is 1.80 bits per heavy atom. The Bertz CT molecular complexity index is 1100. The Labute approximate surface area is 172 Å². The van der Waals surface area contributed by atoms with Crippen molar-refractivity contribution in [3.05, 3.63) is 66.0 Å². The standard InChI is InChI=1S/C22H20FN3O4/c1-3-24-22(29)26-20(27)13(2)30-21(28)17-12-19(14-8-10-15(23)11-9-14)25-18-7-5-4-6-16(17)18/h4-13H,3H2,1-2H3,(H2,24,26,27,29)/t13-/m0/s1. The van der Waals surface area contributed by atoms with Crippen molar-refractivity contribution in [3.63, 3.8) is 0 Å². The van der Waals surface area contributed by atoms with Gasteiger partial charge in [0.2, 0.25) is 0 Å². The molecule has 1 heterocycles. The number of fused-ring (bicyclic) bond motifs is 1. The van der Waals surface area contributed by atoms with Gasteiger partial charge in [-0.15, -0.1) is 0 Å². The number of hydrogen-bond acceptors (Lipinski definition) is 5. The topological polar surface area (TPSA) is 97.4 Å². The lowest BCUT2D eigenvalue weighted by molar-refractivity contribution is -0.127. The highest BCUT2D eigenvalue weighted by Crippen LogP contribution is 2.26. The number of halogens is 1. The number of amides is 3. The average Bonchev–Trinajstić information content (AvgIpc) is 2.73. The van der Waals surface area contributed by atoms with Crippen molar-refractivity contribution in [1.29, 1.82) is 0 Å². The summed E-state index contributed by atoms with van der Waals surface area (Å²) in [5, 5.41) is 5.07. The molecule has 154 valence electrons. The third-order valence-corrected chi connectivity index (χ3v) is 4.30. The molecule has 0 bridgehead atoms. The number of para-hydroxylation sites is 1. The Kier molecular flexibility index (Phi) is 6.36. The molecule has 3 aromatic rings. The van der Waals surface area contributed by atoms with Gasteiger partial charge in [0.1, 0.15) is 5.82 Å². The minimum Gasteiger partial charge on any atom is -0.449 e. The summed E-state index contributed by atoms with van der Waals surface area (Å²) < 4.78 is 18.5. The molecule has 1 aromatic heterocycles. The smallest absolute Gasteiger partial charge is 0.339 e. The summed E-state index contributed by atoms with van der Waals surface area (Å²) in [6.45, 7) is 3.43. The first-order valence-corrected chi connectivity index (χ1v) is 9.34. The van der Waals surface area contributed by atoms with Crippen LogP contribution in [0.1, 0.15) is 24.2 Å². The van der Waals surface area contributed by atoms with Crippen LogP contribution >= 0.6 is 0 Å². The van der Waals surface area contributed by atoms with Crippen LogP contribution in [0.2, 0.25) is 0 Å². The van der Waals surface area contributed by atoms with Gasteiger partial charge in [0.15, 0.2) is 6.10 Å². The van der Waals surface area contributed by atoms with Crippen molar-refractivity contribution in [1.82, 2.24) is 15.6 Å². The summed E-state index contributed by atoms with van der Waals surface area (Å²) in [5.41, 5.74) is 1.83. The van der Waals surface area contributed by atoms with Crippen LogP contribution in [0.15, 0.2) is 54.6 Å². The average molecular weight is 409 g/mol. The largest absolute Gasteiger partial charge is 0.449 e. The van der Waals surface area contributed by atoms with Crippen molar-refractivity contribution < 1.29 is 23.5 Å². The van der Waals surface area contributed by atoms with E-state index in [0.29, 0.717) is 28.7 Å². The van der Waals surface area contributed by atoms with Gasteiger partial charge in [-0.2, -0.15) is 0 Å². The molecule has 0 fully saturated rings. The second-order valence-electron chi connectivity index (χ2n) is 6.48. The Balaban J connectivity index is 1.90. The van der Waals surface area contributed by atoms with Gasteiger partial charge >= 0.3 is 12.0 Å². The van der Waals surface area contributed by atoms with Crippen LogP contribution in [0, 0.1) is 5.82 Å². The lowest BCUT2D eigenvalue weighted by atomic mass is 10.0. The fraction of sp³-hybridized carbons (Fsp3) is 0.182.